The maximum atomic E-state index is 11.1. The number of nitrogens with zero attached hydrogens (tertiary/aromatic N) is 1. The van der Waals surface area contributed by atoms with Crippen molar-refractivity contribution < 1.29 is 19.0 Å². The Morgan fingerprint density at radius 3 is 2.85 bits per heavy atom. The number of methoxy groups -OCH3 is 2. The van der Waals surface area contributed by atoms with Crippen molar-refractivity contribution in [3.8, 4) is 11.5 Å². The molecule has 1 aromatic carbocycles. The second-order valence-electron chi connectivity index (χ2n) is 3.48. The van der Waals surface area contributed by atoms with Crippen molar-refractivity contribution in [3.63, 3.8) is 0 Å². The third-order valence-electron chi connectivity index (χ3n) is 2.17. The molecule has 0 fully saturated rings. The summed E-state index contributed by atoms with van der Waals surface area (Å²) in [5.74, 6) is 0.335. The fourth-order valence-corrected chi connectivity index (χ4v) is 1.36. The van der Waals surface area contributed by atoms with Gasteiger partial charge in [0.15, 0.2) is 23.2 Å². The minimum atomic E-state index is -0.500. The predicted octanol–water partition coefficient (Wildman–Crippen LogP) is 0.414. The van der Waals surface area contributed by atoms with Gasteiger partial charge in [0.25, 0.3) is 0 Å². The summed E-state index contributed by atoms with van der Waals surface area (Å²) >= 11 is 4.63. The van der Waals surface area contributed by atoms with E-state index in [4.69, 9.17) is 15.2 Å². The van der Waals surface area contributed by atoms with Gasteiger partial charge < -0.3 is 19.9 Å². The van der Waals surface area contributed by atoms with Gasteiger partial charge in [-0.3, -0.25) is 5.43 Å². The Bertz CT molecular complexity index is 519. The van der Waals surface area contributed by atoms with Gasteiger partial charge in [0.1, 0.15) is 0 Å². The van der Waals surface area contributed by atoms with E-state index in [0.29, 0.717) is 17.1 Å². The second kappa shape index (κ2) is 7.95. The van der Waals surface area contributed by atoms with Crippen molar-refractivity contribution in [1.82, 2.24) is 5.43 Å². The summed E-state index contributed by atoms with van der Waals surface area (Å²) in [4.78, 5) is 11.1. The molecular formula is C12H15N3O4S. The number of hydrazone groups is 1. The SMILES string of the molecule is COC(=O)COc1c(/C=N\NC(N)=S)cccc1OC. The first-order valence-corrected chi connectivity index (χ1v) is 5.94. The highest BCUT2D eigenvalue weighted by molar-refractivity contribution is 7.80. The molecule has 0 saturated heterocycles. The quantitative estimate of drug-likeness (QED) is 0.340. The Kier molecular flexibility index (Phi) is 6.24. The summed E-state index contributed by atoms with van der Waals surface area (Å²) in [7, 11) is 2.77. The Labute approximate surface area is 121 Å². The molecule has 0 heterocycles. The minimum absolute atomic E-state index is 0.0428. The zero-order valence-corrected chi connectivity index (χ0v) is 11.9. The van der Waals surface area contributed by atoms with Crippen LogP contribution >= 0.6 is 12.2 Å². The zero-order valence-electron chi connectivity index (χ0n) is 11.1. The summed E-state index contributed by atoms with van der Waals surface area (Å²) in [5, 5.41) is 3.87. The van der Waals surface area contributed by atoms with Crippen LogP contribution < -0.4 is 20.6 Å². The third-order valence-corrected chi connectivity index (χ3v) is 2.26. The summed E-state index contributed by atoms with van der Waals surface area (Å²) < 4.78 is 15.1. The largest absolute Gasteiger partial charge is 0.493 e. The summed E-state index contributed by atoms with van der Waals surface area (Å²) in [5.41, 5.74) is 8.28. The first-order valence-electron chi connectivity index (χ1n) is 5.53. The molecule has 0 bridgehead atoms. The molecule has 3 N–H and O–H groups in total. The van der Waals surface area contributed by atoms with E-state index < -0.39 is 5.97 Å². The number of benzene rings is 1. The van der Waals surface area contributed by atoms with Crippen LogP contribution in [0.25, 0.3) is 0 Å². The van der Waals surface area contributed by atoms with Crippen LogP contribution in [0, 0.1) is 0 Å². The molecule has 7 nitrogen and oxygen atoms in total. The highest BCUT2D eigenvalue weighted by Gasteiger charge is 2.11. The van der Waals surface area contributed by atoms with Crippen LogP contribution in [-0.2, 0) is 9.53 Å². The second-order valence-corrected chi connectivity index (χ2v) is 3.92. The van der Waals surface area contributed by atoms with Gasteiger partial charge >= 0.3 is 5.97 Å². The average molecular weight is 297 g/mol. The molecule has 0 aliphatic rings. The molecule has 20 heavy (non-hydrogen) atoms. The lowest BCUT2D eigenvalue weighted by Crippen LogP contribution is -2.24. The molecule has 0 aliphatic heterocycles. The lowest BCUT2D eigenvalue weighted by molar-refractivity contribution is -0.142. The summed E-state index contributed by atoms with van der Waals surface area (Å²) in [6.45, 7) is -0.236. The lowest BCUT2D eigenvalue weighted by atomic mass is 10.2. The van der Waals surface area contributed by atoms with E-state index in [1.807, 2.05) is 0 Å². The van der Waals surface area contributed by atoms with E-state index in [-0.39, 0.29) is 11.7 Å². The van der Waals surface area contributed by atoms with E-state index in [1.165, 1.54) is 20.4 Å². The van der Waals surface area contributed by atoms with Gasteiger partial charge in [0.05, 0.1) is 20.4 Å². The molecule has 0 unspecified atom stereocenters. The van der Waals surface area contributed by atoms with Crippen LogP contribution in [0.2, 0.25) is 0 Å². The van der Waals surface area contributed by atoms with Gasteiger partial charge in [-0.1, -0.05) is 6.07 Å². The van der Waals surface area contributed by atoms with Crippen LogP contribution in [0.5, 0.6) is 11.5 Å². The van der Waals surface area contributed by atoms with Crippen LogP contribution in [-0.4, -0.2) is 38.1 Å². The molecule has 0 spiro atoms. The standard InChI is InChI=1S/C12H15N3O4S/c1-17-9-5-3-4-8(6-14-15-12(13)20)11(9)19-7-10(16)18-2/h3-6H,7H2,1-2H3,(H3,13,15,20)/b14-6-. The highest BCUT2D eigenvalue weighted by atomic mass is 32.1. The van der Waals surface area contributed by atoms with Crippen molar-refractivity contribution in [1.29, 1.82) is 0 Å². The van der Waals surface area contributed by atoms with E-state index in [1.54, 1.807) is 18.2 Å². The molecule has 0 aromatic heterocycles. The Hall–Kier alpha value is -2.35. The van der Waals surface area contributed by atoms with Crippen LogP contribution in [0.3, 0.4) is 0 Å². The number of nitrogens with two attached hydrogens (primary N) is 1. The van der Waals surface area contributed by atoms with Crippen molar-refractivity contribution in [2.75, 3.05) is 20.8 Å². The van der Waals surface area contributed by atoms with Gasteiger partial charge in [-0.15, -0.1) is 0 Å². The van der Waals surface area contributed by atoms with Gasteiger partial charge in [-0.05, 0) is 24.4 Å². The van der Waals surface area contributed by atoms with Gasteiger partial charge in [-0.2, -0.15) is 5.10 Å². The van der Waals surface area contributed by atoms with Crippen molar-refractivity contribution in [3.05, 3.63) is 23.8 Å². The predicted molar refractivity (Wildman–Crippen MR) is 78.0 cm³/mol. The molecule has 0 saturated carbocycles. The fourth-order valence-electron chi connectivity index (χ4n) is 1.31. The number of carbonyl (C=O) groups excluding carboxylic acids is 1. The molecule has 1 aromatic rings. The molecule has 0 aliphatic carbocycles. The number of ether oxygens (including phenoxy) is 3. The summed E-state index contributed by atoms with van der Waals surface area (Å²) in [6.07, 6.45) is 1.45. The topological polar surface area (TPSA) is 95.2 Å². The number of hydrogen-bond acceptors (Lipinski definition) is 6. The molecule has 0 radical (unpaired) electrons. The molecule has 8 heteroatoms. The number of hydrogen-bond donors (Lipinski definition) is 2. The molecule has 0 amide bonds. The lowest BCUT2D eigenvalue weighted by Gasteiger charge is -2.12. The number of nitrogens with one attached hydrogen (secondary N) is 1. The van der Waals surface area contributed by atoms with Gasteiger partial charge in [-0.25, -0.2) is 4.79 Å². The fraction of sp³-hybridized carbons (Fsp3) is 0.250. The molecule has 1 rings (SSSR count). The number of rotatable bonds is 6. The normalized spacial score (nSPS) is 10.1. The van der Waals surface area contributed by atoms with Gasteiger partial charge in [0, 0.05) is 5.56 Å². The number of thiocarbonyl (C=S) groups is 1. The first-order chi connectivity index (χ1) is 9.58. The molecule has 108 valence electrons. The highest BCUT2D eigenvalue weighted by Crippen LogP contribution is 2.29. The van der Waals surface area contributed by atoms with Crippen LogP contribution in [0.15, 0.2) is 23.3 Å². The number of esters is 1. The maximum absolute atomic E-state index is 11.1. The first kappa shape index (κ1) is 15.7. The molecular weight excluding hydrogens is 282 g/mol. The zero-order chi connectivity index (χ0) is 15.0. The minimum Gasteiger partial charge on any atom is -0.493 e. The van der Waals surface area contributed by atoms with Crippen molar-refractivity contribution >= 4 is 29.5 Å². The molecule has 0 atom stereocenters. The van der Waals surface area contributed by atoms with E-state index >= 15 is 0 Å². The Morgan fingerprint density at radius 2 is 2.25 bits per heavy atom. The summed E-state index contributed by atoms with van der Waals surface area (Å²) in [6, 6.07) is 5.19. The van der Waals surface area contributed by atoms with E-state index in [2.05, 4.69) is 27.5 Å². The maximum Gasteiger partial charge on any atom is 0.343 e. The smallest absolute Gasteiger partial charge is 0.343 e. The monoisotopic (exact) mass is 297 g/mol. The Balaban J connectivity index is 2.94. The average Bonchev–Trinajstić information content (AvgIpc) is 2.44. The van der Waals surface area contributed by atoms with Crippen LogP contribution in [0.4, 0.5) is 0 Å². The van der Waals surface area contributed by atoms with Gasteiger partial charge in [0.2, 0.25) is 0 Å². The van der Waals surface area contributed by atoms with Crippen LogP contribution in [0.1, 0.15) is 5.56 Å². The van der Waals surface area contributed by atoms with Crippen molar-refractivity contribution in [2.24, 2.45) is 10.8 Å². The van der Waals surface area contributed by atoms with E-state index in [9.17, 15) is 4.79 Å². The Morgan fingerprint density at radius 1 is 1.50 bits per heavy atom. The van der Waals surface area contributed by atoms with Crippen molar-refractivity contribution in [2.45, 2.75) is 0 Å². The van der Waals surface area contributed by atoms with E-state index in [0.717, 1.165) is 0 Å². The third kappa shape index (κ3) is 4.73. The number of para-hydroxylation sites is 1. The number of carbonyl (C=O) groups is 1.